The van der Waals surface area contributed by atoms with Gasteiger partial charge in [-0.1, -0.05) is 29.3 Å². The van der Waals surface area contributed by atoms with Crippen LogP contribution < -0.4 is 5.32 Å². The summed E-state index contributed by atoms with van der Waals surface area (Å²) in [5.41, 5.74) is 2.22. The maximum absolute atomic E-state index is 12.3. The molecule has 0 aliphatic rings. The van der Waals surface area contributed by atoms with Crippen LogP contribution in [0.4, 0.5) is 5.69 Å². The first-order valence-corrected chi connectivity index (χ1v) is 9.56. The molecule has 0 spiro atoms. The molecule has 122 valence electrons. The third-order valence-electron chi connectivity index (χ3n) is 3.24. The second kappa shape index (κ2) is 7.03. The zero-order valence-electron chi connectivity index (χ0n) is 12.6. The predicted molar refractivity (Wildman–Crippen MR) is 95.8 cm³/mol. The highest BCUT2D eigenvalue weighted by molar-refractivity contribution is 9.10. The number of amides is 1. The van der Waals surface area contributed by atoms with Gasteiger partial charge in [0.15, 0.2) is 9.84 Å². The molecule has 0 aliphatic heterocycles. The highest BCUT2D eigenvalue weighted by atomic mass is 79.9. The number of benzene rings is 2. The van der Waals surface area contributed by atoms with Crippen LogP contribution in [0.2, 0.25) is 5.02 Å². The van der Waals surface area contributed by atoms with Crippen LogP contribution in [0, 0.1) is 13.8 Å². The van der Waals surface area contributed by atoms with E-state index in [0.29, 0.717) is 15.2 Å². The van der Waals surface area contributed by atoms with Crippen LogP contribution in [0.5, 0.6) is 0 Å². The number of anilines is 1. The number of carbonyl (C=O) groups excluding carboxylic acids is 1. The number of hydrogen-bond donors (Lipinski definition) is 1. The molecule has 0 radical (unpaired) electrons. The van der Waals surface area contributed by atoms with Crippen molar-refractivity contribution in [1.82, 2.24) is 0 Å². The van der Waals surface area contributed by atoms with E-state index in [9.17, 15) is 13.2 Å². The van der Waals surface area contributed by atoms with Gasteiger partial charge in [-0.25, -0.2) is 8.42 Å². The summed E-state index contributed by atoms with van der Waals surface area (Å²) in [6.45, 7) is 3.66. The predicted octanol–water partition coefficient (Wildman–Crippen LogP) is 4.13. The number of aryl methyl sites for hydroxylation is 2. The summed E-state index contributed by atoms with van der Waals surface area (Å²) in [5, 5.41) is 3.03. The normalized spacial score (nSPS) is 11.3. The van der Waals surface area contributed by atoms with Gasteiger partial charge in [-0.15, -0.1) is 0 Å². The second-order valence-corrected chi connectivity index (χ2v) is 8.45. The summed E-state index contributed by atoms with van der Waals surface area (Å²) in [6, 6.07) is 9.73. The number of halogens is 2. The van der Waals surface area contributed by atoms with E-state index in [1.807, 2.05) is 6.92 Å². The highest BCUT2D eigenvalue weighted by Crippen LogP contribution is 2.29. The van der Waals surface area contributed by atoms with E-state index in [4.69, 9.17) is 11.6 Å². The van der Waals surface area contributed by atoms with Crippen LogP contribution in [0.25, 0.3) is 0 Å². The fourth-order valence-electron chi connectivity index (χ4n) is 1.97. The van der Waals surface area contributed by atoms with Crippen molar-refractivity contribution < 1.29 is 13.2 Å². The average Bonchev–Trinajstić information content (AvgIpc) is 2.44. The van der Waals surface area contributed by atoms with Gasteiger partial charge in [-0.3, -0.25) is 4.79 Å². The molecule has 1 N–H and O–H groups in total. The van der Waals surface area contributed by atoms with Gasteiger partial charge < -0.3 is 5.32 Å². The van der Waals surface area contributed by atoms with Crippen LogP contribution in [-0.4, -0.2) is 20.1 Å². The Bertz CT molecular complexity index is 848. The van der Waals surface area contributed by atoms with Crippen LogP contribution >= 0.6 is 27.5 Å². The molecule has 0 fully saturated rings. The second-order valence-electron chi connectivity index (χ2n) is 5.20. The van der Waals surface area contributed by atoms with Crippen LogP contribution in [0.3, 0.4) is 0 Å². The van der Waals surface area contributed by atoms with Gasteiger partial charge in [0, 0.05) is 10.2 Å². The Labute approximate surface area is 148 Å². The molecule has 1 amide bonds. The molecule has 23 heavy (non-hydrogen) atoms. The lowest BCUT2D eigenvalue weighted by Gasteiger charge is -2.10. The number of hydrogen-bond acceptors (Lipinski definition) is 3. The van der Waals surface area contributed by atoms with Gasteiger partial charge in [0.2, 0.25) is 5.91 Å². The number of nitrogens with one attached hydrogen (secondary N) is 1. The quantitative estimate of drug-likeness (QED) is 0.815. The first-order chi connectivity index (χ1) is 10.7. The summed E-state index contributed by atoms with van der Waals surface area (Å²) in [5.74, 6) is -1.23. The van der Waals surface area contributed by atoms with E-state index in [1.54, 1.807) is 31.2 Å². The topological polar surface area (TPSA) is 63.2 Å². The minimum Gasteiger partial charge on any atom is -0.325 e. The lowest BCUT2D eigenvalue weighted by molar-refractivity contribution is -0.113. The van der Waals surface area contributed by atoms with Crippen molar-refractivity contribution in [2.24, 2.45) is 0 Å². The van der Waals surface area contributed by atoms with Crippen molar-refractivity contribution in [1.29, 1.82) is 0 Å². The summed E-state index contributed by atoms with van der Waals surface area (Å²) >= 11 is 9.29. The van der Waals surface area contributed by atoms with Gasteiger partial charge in [0.25, 0.3) is 0 Å². The van der Waals surface area contributed by atoms with Crippen LogP contribution in [0.1, 0.15) is 11.1 Å². The van der Waals surface area contributed by atoms with E-state index in [1.165, 1.54) is 12.1 Å². The first-order valence-electron chi connectivity index (χ1n) is 6.74. The Hall–Kier alpha value is -1.37. The van der Waals surface area contributed by atoms with E-state index in [2.05, 4.69) is 21.2 Å². The van der Waals surface area contributed by atoms with Crippen LogP contribution in [-0.2, 0) is 14.6 Å². The summed E-state index contributed by atoms with van der Waals surface area (Å²) < 4.78 is 25.2. The van der Waals surface area contributed by atoms with Crippen molar-refractivity contribution in [3.05, 3.63) is 57.0 Å². The summed E-state index contributed by atoms with van der Waals surface area (Å²) in [7, 11) is -3.68. The van der Waals surface area contributed by atoms with Crippen molar-refractivity contribution in [3.63, 3.8) is 0 Å². The van der Waals surface area contributed by atoms with Crippen molar-refractivity contribution in [3.8, 4) is 0 Å². The average molecular weight is 417 g/mol. The molecule has 7 heteroatoms. The Morgan fingerprint density at radius 1 is 1.17 bits per heavy atom. The molecule has 0 aliphatic carbocycles. The van der Waals surface area contributed by atoms with E-state index < -0.39 is 21.5 Å². The Morgan fingerprint density at radius 3 is 2.39 bits per heavy atom. The molecule has 0 aromatic heterocycles. The van der Waals surface area contributed by atoms with Crippen molar-refractivity contribution in [2.45, 2.75) is 18.7 Å². The largest absolute Gasteiger partial charge is 0.325 e. The van der Waals surface area contributed by atoms with Gasteiger partial charge in [0.1, 0.15) is 5.75 Å². The van der Waals surface area contributed by atoms with E-state index >= 15 is 0 Å². The first kappa shape index (κ1) is 18.0. The third kappa shape index (κ3) is 4.56. The molecular formula is C16H15BrClNO3S. The van der Waals surface area contributed by atoms with Gasteiger partial charge in [0.05, 0.1) is 9.92 Å². The monoisotopic (exact) mass is 415 g/mol. The zero-order valence-corrected chi connectivity index (χ0v) is 15.7. The van der Waals surface area contributed by atoms with E-state index in [-0.39, 0.29) is 4.90 Å². The van der Waals surface area contributed by atoms with Gasteiger partial charge in [-0.05, 0) is 59.6 Å². The number of rotatable bonds is 4. The minimum absolute atomic E-state index is 0.129. The summed E-state index contributed by atoms with van der Waals surface area (Å²) in [6.07, 6.45) is 0. The molecule has 2 rings (SSSR count). The molecule has 0 bridgehead atoms. The summed E-state index contributed by atoms with van der Waals surface area (Å²) in [4.78, 5) is 12.2. The molecule has 4 nitrogen and oxygen atoms in total. The maximum Gasteiger partial charge on any atom is 0.239 e. The zero-order chi connectivity index (χ0) is 17.2. The van der Waals surface area contributed by atoms with Gasteiger partial charge in [-0.2, -0.15) is 0 Å². The maximum atomic E-state index is 12.3. The number of carbonyl (C=O) groups is 1. The van der Waals surface area contributed by atoms with Crippen molar-refractivity contribution >= 4 is 49.0 Å². The molecule has 0 saturated heterocycles. The molecule has 0 atom stereocenters. The molecular weight excluding hydrogens is 402 g/mol. The Kier molecular flexibility index (Phi) is 5.49. The number of sulfone groups is 1. The Morgan fingerprint density at radius 2 is 1.78 bits per heavy atom. The molecule has 0 heterocycles. The lowest BCUT2D eigenvalue weighted by Crippen LogP contribution is -2.23. The molecule has 2 aromatic rings. The lowest BCUT2D eigenvalue weighted by atomic mass is 10.2. The third-order valence-corrected chi connectivity index (χ3v) is 6.07. The minimum atomic E-state index is -3.68. The SMILES string of the molecule is Cc1ccc(S(=O)(=O)CC(=O)Nc2cc(Cl)c(Br)cc2C)cc1. The Balaban J connectivity index is 2.16. The molecule has 2 aromatic carbocycles. The molecule has 0 unspecified atom stereocenters. The smallest absolute Gasteiger partial charge is 0.239 e. The molecule has 0 saturated carbocycles. The van der Waals surface area contributed by atoms with Crippen molar-refractivity contribution in [2.75, 3.05) is 11.1 Å². The fraction of sp³-hybridized carbons (Fsp3) is 0.188. The highest BCUT2D eigenvalue weighted by Gasteiger charge is 2.20. The fourth-order valence-corrected chi connectivity index (χ4v) is 3.73. The van der Waals surface area contributed by atoms with Crippen LogP contribution in [0.15, 0.2) is 45.8 Å². The standard InChI is InChI=1S/C16H15BrClNO3S/c1-10-3-5-12(6-4-10)23(21,22)9-16(20)19-15-8-14(18)13(17)7-11(15)2/h3-8H,9H2,1-2H3,(H,19,20). The van der Waals surface area contributed by atoms with Gasteiger partial charge >= 0.3 is 0 Å². The van der Waals surface area contributed by atoms with E-state index in [0.717, 1.165) is 11.1 Å².